The smallest absolute Gasteiger partial charge is 0.424 e. The Bertz CT molecular complexity index is 2920. The van der Waals surface area contributed by atoms with Gasteiger partial charge in [0.1, 0.15) is 18.1 Å². The number of aliphatic carboxylic acids is 2. The summed E-state index contributed by atoms with van der Waals surface area (Å²) in [5.74, 6) is -8.41. The van der Waals surface area contributed by atoms with Crippen LogP contribution in [0.2, 0.25) is 0 Å². The first-order valence-electron chi connectivity index (χ1n) is 24.0. The van der Waals surface area contributed by atoms with E-state index in [1.54, 1.807) is 111 Å². The molecular weight excluding hydrogens is 1000 g/mol. The summed E-state index contributed by atoms with van der Waals surface area (Å²) in [7, 11) is 0. The molecule has 3 atom stereocenters. The second kappa shape index (κ2) is 21.6. The maximum atomic E-state index is 12.7. The zero-order valence-corrected chi connectivity index (χ0v) is 45.1. The van der Waals surface area contributed by atoms with Crippen LogP contribution in [0.5, 0.6) is 0 Å². The number of imide groups is 6. The number of carboxylic acid groups (broad SMARTS) is 2. The predicted molar refractivity (Wildman–Crippen MR) is 273 cm³/mol. The average molecular weight is 1070 g/mol. The number of hydrogen-bond acceptors (Lipinski definition) is 15. The molecule has 0 aliphatic carbocycles. The lowest BCUT2D eigenvalue weighted by Gasteiger charge is -2.50. The maximum absolute atomic E-state index is 12.7. The largest absolute Gasteiger partial charge is 0.480 e. The first-order valence-corrected chi connectivity index (χ1v) is 24.0. The maximum Gasteiger partial charge on any atom is 0.424 e. The molecule has 3 unspecified atom stereocenters. The lowest BCUT2D eigenvalue weighted by Crippen LogP contribution is -2.68. The summed E-state index contributed by atoms with van der Waals surface area (Å²) in [6.07, 6.45) is -0.922. The predicted octanol–water partition coefficient (Wildman–Crippen LogP) is 4.01. The number of nitrogens with zero attached hydrogens (tertiary/aromatic N) is 3. The number of ether oxygens (including phenoxy) is 1. The summed E-state index contributed by atoms with van der Waals surface area (Å²) in [5, 5.41) is 20.8. The van der Waals surface area contributed by atoms with Crippen molar-refractivity contribution in [2.75, 3.05) is 6.61 Å². The Kier molecular flexibility index (Phi) is 17.2. The molecule has 412 valence electrons. The van der Waals surface area contributed by atoms with Crippen molar-refractivity contribution in [3.8, 4) is 0 Å². The lowest BCUT2D eigenvalue weighted by atomic mass is 9.60. The van der Waals surface area contributed by atoms with Crippen molar-refractivity contribution in [1.82, 2.24) is 20.0 Å². The van der Waals surface area contributed by atoms with Gasteiger partial charge in [-0.05, 0) is 43.3 Å². The fourth-order valence-corrected chi connectivity index (χ4v) is 8.58. The SMILES string of the molecule is CC(C)(C(N)=O)C(C)(C)C(C(=O)O)N1C(=O)c2ccccc2C1=O.CC(C)(C(N)=O)C(C)(C)C(N)C(=O)O.CC1(C)C(=O)NC(=O)C(N2C(=O)c3ccccc3C2=O)C1(C)C.CCOC(=O)N1C(=O)c2ccccc2C1=O. The highest BCUT2D eigenvalue weighted by molar-refractivity contribution is 6.28. The van der Waals surface area contributed by atoms with Gasteiger partial charge in [0.2, 0.25) is 23.6 Å². The van der Waals surface area contributed by atoms with Crippen LogP contribution in [0.3, 0.4) is 0 Å². The second-order valence-corrected chi connectivity index (χ2v) is 21.8. The van der Waals surface area contributed by atoms with Gasteiger partial charge in [-0.25, -0.2) is 9.59 Å². The van der Waals surface area contributed by atoms with Gasteiger partial charge in [-0.2, -0.15) is 4.90 Å². The zero-order valence-electron chi connectivity index (χ0n) is 45.1. The topological polar surface area (TPSA) is 371 Å². The number of benzene rings is 3. The standard InChI is InChI=1S/C17H20N2O5.C17H18N2O4.C11H9NO4.C9H18N2O3/c1-16(2,17(3,4)15(18)24)11(14(22)23)19-12(20)9-7-5-6-8-10(9)13(19)21;1-16(2)11(12(20)18-15(23)17(16,3)4)19-13(21)9-7-5-6-8-10(9)14(19)22;1-2-16-11(15)12-9(13)7-5-3-4-6-8(7)10(12)14;1-8(2,5(10)6(12)13)9(3,4)7(11)14/h5-8,11H,1-4H3,(H2,18,24)(H,22,23);5-8,11H,1-4H3,(H,18,20,23);3-6H,2H2,1H3;5H,10H2,1-4H3,(H2,11,14)(H,12,13). The molecule has 0 aromatic heterocycles. The van der Waals surface area contributed by atoms with Gasteiger partial charge in [-0.1, -0.05) is 119 Å². The van der Waals surface area contributed by atoms with E-state index in [0.717, 1.165) is 9.80 Å². The van der Waals surface area contributed by atoms with E-state index in [1.807, 2.05) is 0 Å². The van der Waals surface area contributed by atoms with Crippen molar-refractivity contribution in [2.24, 2.45) is 49.7 Å². The molecule has 0 saturated carbocycles. The molecular formula is C54H65N7O16. The van der Waals surface area contributed by atoms with Crippen molar-refractivity contribution in [3.05, 3.63) is 106 Å². The van der Waals surface area contributed by atoms with Crippen LogP contribution in [-0.4, -0.2) is 127 Å². The Morgan fingerprint density at radius 3 is 1.25 bits per heavy atom. The van der Waals surface area contributed by atoms with Gasteiger partial charge >= 0.3 is 18.0 Å². The number of nitrogens with one attached hydrogen (secondary N) is 1. The zero-order chi connectivity index (χ0) is 59.0. The fraction of sp³-hybridized carbons (Fsp3) is 0.426. The number of rotatable bonds is 11. The van der Waals surface area contributed by atoms with Crippen LogP contribution < -0.4 is 22.5 Å². The highest BCUT2D eigenvalue weighted by atomic mass is 16.6. The van der Waals surface area contributed by atoms with E-state index in [4.69, 9.17) is 22.3 Å². The minimum atomic E-state index is -1.53. The Balaban J connectivity index is 0.000000227. The monoisotopic (exact) mass is 1070 g/mol. The van der Waals surface area contributed by atoms with Gasteiger partial charge in [0.15, 0.2) is 0 Å². The van der Waals surface area contributed by atoms with Crippen LogP contribution in [0.4, 0.5) is 4.79 Å². The van der Waals surface area contributed by atoms with Crippen LogP contribution in [-0.2, 0) is 33.5 Å². The van der Waals surface area contributed by atoms with Crippen molar-refractivity contribution < 1.29 is 77.3 Å². The lowest BCUT2D eigenvalue weighted by molar-refractivity contribution is -0.156. The number of primary amides is 2. The van der Waals surface area contributed by atoms with Crippen LogP contribution in [0, 0.1) is 32.5 Å². The van der Waals surface area contributed by atoms with Crippen molar-refractivity contribution in [2.45, 2.75) is 108 Å². The molecule has 11 amide bonds. The molecule has 0 radical (unpaired) electrons. The summed E-state index contributed by atoms with van der Waals surface area (Å²) < 4.78 is 4.64. The van der Waals surface area contributed by atoms with Crippen LogP contribution in [0.25, 0.3) is 0 Å². The Morgan fingerprint density at radius 2 is 0.922 bits per heavy atom. The molecule has 3 aromatic rings. The van der Waals surface area contributed by atoms with E-state index in [9.17, 15) is 67.4 Å². The first kappa shape index (κ1) is 61.1. The highest BCUT2D eigenvalue weighted by Crippen LogP contribution is 2.48. The number of carbonyl (C=O) groups is 13. The minimum Gasteiger partial charge on any atom is -0.480 e. The van der Waals surface area contributed by atoms with Crippen molar-refractivity contribution in [3.63, 3.8) is 0 Å². The van der Waals surface area contributed by atoms with Gasteiger partial charge in [0.25, 0.3) is 35.4 Å². The molecule has 4 heterocycles. The van der Waals surface area contributed by atoms with Gasteiger partial charge in [-0.3, -0.25) is 67.9 Å². The molecule has 9 N–H and O–H groups in total. The highest BCUT2D eigenvalue weighted by Gasteiger charge is 2.61. The summed E-state index contributed by atoms with van der Waals surface area (Å²) in [4.78, 5) is 158. The summed E-state index contributed by atoms with van der Waals surface area (Å²) in [6.45, 7) is 21.1. The van der Waals surface area contributed by atoms with Crippen LogP contribution in [0.15, 0.2) is 72.8 Å². The number of nitrogens with two attached hydrogens (primary N) is 3. The average Bonchev–Trinajstić information content (AvgIpc) is 3.86. The van der Waals surface area contributed by atoms with E-state index in [1.165, 1.54) is 52.0 Å². The van der Waals surface area contributed by atoms with Crippen LogP contribution in [0.1, 0.15) is 152 Å². The van der Waals surface area contributed by atoms with Gasteiger partial charge < -0.3 is 32.2 Å². The van der Waals surface area contributed by atoms with E-state index < -0.39 is 128 Å². The third-order valence-electron chi connectivity index (χ3n) is 16.2. The molecule has 4 aliphatic heterocycles. The normalized spacial score (nSPS) is 18.2. The molecule has 4 aliphatic rings. The Morgan fingerprint density at radius 1 is 0.584 bits per heavy atom. The molecule has 1 fully saturated rings. The number of fused-ring (bicyclic) bond motifs is 3. The molecule has 0 bridgehead atoms. The Hall–Kier alpha value is -8.47. The number of carboxylic acids is 2. The van der Waals surface area contributed by atoms with Gasteiger partial charge in [0.05, 0.1) is 56.2 Å². The quantitative estimate of drug-likeness (QED) is 0.148. The van der Waals surface area contributed by atoms with E-state index in [-0.39, 0.29) is 40.0 Å². The number of piperidine rings is 1. The number of carbonyl (C=O) groups excluding carboxylic acids is 11. The van der Waals surface area contributed by atoms with Gasteiger partial charge in [-0.15, -0.1) is 0 Å². The van der Waals surface area contributed by atoms with Crippen LogP contribution >= 0.6 is 0 Å². The van der Waals surface area contributed by atoms with E-state index in [0.29, 0.717) is 4.90 Å². The first-order chi connectivity index (χ1) is 35.3. The molecule has 23 nitrogen and oxygen atoms in total. The molecule has 3 aromatic carbocycles. The van der Waals surface area contributed by atoms with Gasteiger partial charge in [0, 0.05) is 16.2 Å². The molecule has 23 heteroatoms. The van der Waals surface area contributed by atoms with Crippen molar-refractivity contribution >= 4 is 77.1 Å². The Labute approximate surface area is 443 Å². The number of hydrogen-bond donors (Lipinski definition) is 6. The number of amides is 11. The molecule has 7 rings (SSSR count). The second-order valence-electron chi connectivity index (χ2n) is 21.8. The molecule has 1 saturated heterocycles. The fourth-order valence-electron chi connectivity index (χ4n) is 8.58. The third kappa shape index (κ3) is 10.5. The third-order valence-corrected chi connectivity index (χ3v) is 16.2. The van der Waals surface area contributed by atoms with Crippen molar-refractivity contribution in [1.29, 1.82) is 0 Å². The summed E-state index contributed by atoms with van der Waals surface area (Å²) in [5.41, 5.74) is 11.3. The minimum absolute atomic E-state index is 0.117. The van der Waals surface area contributed by atoms with E-state index >= 15 is 0 Å². The molecule has 0 spiro atoms. The summed E-state index contributed by atoms with van der Waals surface area (Å²) in [6, 6.07) is 15.2. The van der Waals surface area contributed by atoms with E-state index in [2.05, 4.69) is 10.1 Å². The summed E-state index contributed by atoms with van der Waals surface area (Å²) >= 11 is 0. The molecule has 77 heavy (non-hydrogen) atoms.